The molecule has 1 aliphatic rings. The van der Waals surface area contributed by atoms with E-state index in [0.717, 1.165) is 23.4 Å². The molecule has 0 aliphatic carbocycles. The summed E-state index contributed by atoms with van der Waals surface area (Å²) >= 11 is 0. The number of likely N-dealkylation sites (tertiary alicyclic amines) is 1. The van der Waals surface area contributed by atoms with Crippen LogP contribution in [0.2, 0.25) is 0 Å². The van der Waals surface area contributed by atoms with Gasteiger partial charge < -0.3 is 19.5 Å². The number of nitrogens with one attached hydrogen (secondary N) is 1. The van der Waals surface area contributed by atoms with Crippen molar-refractivity contribution < 1.29 is 27.6 Å². The van der Waals surface area contributed by atoms with Gasteiger partial charge in [0.2, 0.25) is 5.91 Å². The van der Waals surface area contributed by atoms with E-state index in [2.05, 4.69) is 10.5 Å². The molecule has 1 fully saturated rings. The minimum Gasteiger partial charge on any atom is -0.497 e. The van der Waals surface area contributed by atoms with Crippen molar-refractivity contribution in [2.24, 2.45) is 0 Å². The first-order chi connectivity index (χ1) is 13.8. The van der Waals surface area contributed by atoms with Gasteiger partial charge in [0, 0.05) is 36.7 Å². The van der Waals surface area contributed by atoms with Crippen LogP contribution in [-0.2, 0) is 11.3 Å². The lowest BCUT2D eigenvalue weighted by molar-refractivity contribution is -0.131. The molecule has 9 heteroatoms. The number of carbonyl (C=O) groups is 2. The Balaban J connectivity index is 1.66. The molecule has 1 saturated heterocycles. The molecule has 2 aromatic rings. The monoisotopic (exact) mass is 407 g/mol. The number of halogens is 2. The number of hydrogen-bond acceptors (Lipinski definition) is 5. The average Bonchev–Trinajstić information content (AvgIpc) is 2.88. The van der Waals surface area contributed by atoms with E-state index >= 15 is 0 Å². The molecule has 1 atom stereocenters. The van der Waals surface area contributed by atoms with Crippen molar-refractivity contribution in [2.75, 3.05) is 13.7 Å². The number of rotatable bonds is 5. The van der Waals surface area contributed by atoms with Crippen LogP contribution >= 0.6 is 0 Å². The van der Waals surface area contributed by atoms with Gasteiger partial charge in [0.05, 0.1) is 19.3 Å². The van der Waals surface area contributed by atoms with Crippen molar-refractivity contribution in [2.45, 2.75) is 45.7 Å². The van der Waals surface area contributed by atoms with Crippen LogP contribution in [0.15, 0.2) is 16.7 Å². The summed E-state index contributed by atoms with van der Waals surface area (Å²) in [6, 6.07) is 1.54. The Bertz CT molecular complexity index is 886. The fraction of sp³-hybridized carbons (Fsp3) is 0.450. The van der Waals surface area contributed by atoms with Gasteiger partial charge in [-0.05, 0) is 26.7 Å². The van der Waals surface area contributed by atoms with Crippen LogP contribution in [0.5, 0.6) is 5.75 Å². The Morgan fingerprint density at radius 1 is 1.31 bits per heavy atom. The van der Waals surface area contributed by atoms with Crippen LogP contribution in [-0.4, -0.2) is 41.6 Å². The van der Waals surface area contributed by atoms with Gasteiger partial charge in [0.1, 0.15) is 28.7 Å². The maximum Gasteiger partial charge on any atom is 0.257 e. The predicted molar refractivity (Wildman–Crippen MR) is 99.4 cm³/mol. The molecule has 29 heavy (non-hydrogen) atoms. The van der Waals surface area contributed by atoms with E-state index in [1.165, 1.54) is 7.11 Å². The lowest BCUT2D eigenvalue weighted by atomic mass is 10.1. The molecule has 156 valence electrons. The van der Waals surface area contributed by atoms with E-state index in [4.69, 9.17) is 9.26 Å². The first kappa shape index (κ1) is 20.8. The van der Waals surface area contributed by atoms with Gasteiger partial charge in [-0.1, -0.05) is 5.16 Å². The van der Waals surface area contributed by atoms with Crippen LogP contribution < -0.4 is 10.1 Å². The fourth-order valence-corrected chi connectivity index (χ4v) is 3.41. The Morgan fingerprint density at radius 2 is 2.00 bits per heavy atom. The van der Waals surface area contributed by atoms with Gasteiger partial charge in [-0.3, -0.25) is 9.59 Å². The molecule has 1 aromatic heterocycles. The third-order valence-electron chi connectivity index (χ3n) is 5.15. The molecule has 1 N–H and O–H groups in total. The SMILES string of the molecule is COc1cc(F)c(C(=O)NC2CCC(=O)N(Cc3c(C)noc3C)CC2)c(F)c1. The van der Waals surface area contributed by atoms with Gasteiger partial charge >= 0.3 is 0 Å². The quantitative estimate of drug-likeness (QED) is 0.824. The van der Waals surface area contributed by atoms with Crippen molar-refractivity contribution in [1.82, 2.24) is 15.4 Å². The molecule has 7 nitrogen and oxygen atoms in total. The van der Waals surface area contributed by atoms with E-state index in [9.17, 15) is 18.4 Å². The van der Waals surface area contributed by atoms with Gasteiger partial charge in [-0.25, -0.2) is 8.78 Å². The second-order valence-electron chi connectivity index (χ2n) is 7.08. The standard InChI is InChI=1S/C20H23F2N3O4/c1-11-15(12(2)29-24-11)10-25-7-6-13(4-5-18(25)26)23-20(27)19-16(21)8-14(28-3)9-17(19)22/h8-9,13H,4-7,10H2,1-3H3,(H,23,27). The molecular formula is C20H23F2N3O4. The highest BCUT2D eigenvalue weighted by Gasteiger charge is 2.27. The summed E-state index contributed by atoms with van der Waals surface area (Å²) in [4.78, 5) is 26.6. The number of amides is 2. The summed E-state index contributed by atoms with van der Waals surface area (Å²) in [6.45, 7) is 4.39. The molecule has 1 unspecified atom stereocenters. The molecule has 1 aliphatic heterocycles. The van der Waals surface area contributed by atoms with Crippen LogP contribution in [0, 0.1) is 25.5 Å². The van der Waals surface area contributed by atoms with E-state index in [-0.39, 0.29) is 24.1 Å². The number of hydrogen-bond donors (Lipinski definition) is 1. The highest BCUT2D eigenvalue weighted by Crippen LogP contribution is 2.22. The van der Waals surface area contributed by atoms with Crippen LogP contribution in [0.3, 0.4) is 0 Å². The largest absolute Gasteiger partial charge is 0.497 e. The number of nitrogens with zero attached hydrogens (tertiary/aromatic N) is 2. The molecule has 0 saturated carbocycles. The van der Waals surface area contributed by atoms with Crippen molar-refractivity contribution in [1.29, 1.82) is 0 Å². The zero-order valence-corrected chi connectivity index (χ0v) is 16.6. The molecule has 0 spiro atoms. The Hall–Kier alpha value is -2.97. The Morgan fingerprint density at radius 3 is 2.59 bits per heavy atom. The molecule has 0 radical (unpaired) electrons. The van der Waals surface area contributed by atoms with Crippen molar-refractivity contribution >= 4 is 11.8 Å². The normalized spacial score (nSPS) is 17.2. The third-order valence-corrected chi connectivity index (χ3v) is 5.15. The highest BCUT2D eigenvalue weighted by molar-refractivity contribution is 5.95. The second-order valence-corrected chi connectivity index (χ2v) is 7.08. The maximum atomic E-state index is 14.1. The summed E-state index contributed by atoms with van der Waals surface area (Å²) in [5.41, 5.74) is 0.937. The van der Waals surface area contributed by atoms with Gasteiger partial charge in [-0.15, -0.1) is 0 Å². The maximum absolute atomic E-state index is 14.1. The fourth-order valence-electron chi connectivity index (χ4n) is 3.41. The minimum atomic E-state index is -0.996. The number of ether oxygens (including phenoxy) is 1. The van der Waals surface area contributed by atoms with Gasteiger partial charge in [0.25, 0.3) is 5.91 Å². The lowest BCUT2D eigenvalue weighted by Gasteiger charge is -2.21. The van der Waals surface area contributed by atoms with Crippen LogP contribution in [0.4, 0.5) is 8.78 Å². The summed E-state index contributed by atoms with van der Waals surface area (Å²) in [6.07, 6.45) is 1.09. The van der Waals surface area contributed by atoms with Crippen molar-refractivity contribution in [3.63, 3.8) is 0 Å². The molecule has 3 rings (SSSR count). The smallest absolute Gasteiger partial charge is 0.257 e. The van der Waals surface area contributed by atoms with Gasteiger partial charge in [0.15, 0.2) is 0 Å². The third kappa shape index (κ3) is 4.55. The van der Waals surface area contributed by atoms with Crippen molar-refractivity contribution in [3.8, 4) is 5.75 Å². The zero-order chi connectivity index (χ0) is 21.1. The van der Waals surface area contributed by atoms with E-state index < -0.39 is 23.1 Å². The van der Waals surface area contributed by atoms with Crippen LogP contribution in [0.1, 0.15) is 46.6 Å². The Kier molecular flexibility index (Phi) is 6.14. The van der Waals surface area contributed by atoms with Gasteiger partial charge in [-0.2, -0.15) is 0 Å². The summed E-state index contributed by atoms with van der Waals surface area (Å²) < 4.78 is 38.2. The first-order valence-electron chi connectivity index (χ1n) is 9.33. The number of methoxy groups -OCH3 is 1. The Labute approximate surface area is 167 Å². The predicted octanol–water partition coefficient (Wildman–Crippen LogP) is 2.89. The minimum absolute atomic E-state index is 0.00780. The number of carbonyl (C=O) groups excluding carboxylic acids is 2. The molecular weight excluding hydrogens is 384 g/mol. The first-order valence-corrected chi connectivity index (χ1v) is 9.33. The van der Waals surface area contributed by atoms with Crippen molar-refractivity contribution in [3.05, 3.63) is 46.3 Å². The van der Waals surface area contributed by atoms with E-state index in [1.54, 1.807) is 11.8 Å². The summed E-state index contributed by atoms with van der Waals surface area (Å²) in [5.74, 6) is -2.24. The number of aryl methyl sites for hydroxylation is 2. The number of aromatic nitrogens is 1. The van der Waals surface area contributed by atoms with Crippen LogP contribution in [0.25, 0.3) is 0 Å². The molecule has 2 heterocycles. The lowest BCUT2D eigenvalue weighted by Crippen LogP contribution is -2.36. The topological polar surface area (TPSA) is 84.7 Å². The average molecular weight is 407 g/mol. The molecule has 2 amide bonds. The second kappa shape index (κ2) is 8.59. The van der Waals surface area contributed by atoms with E-state index in [1.807, 2.05) is 6.92 Å². The van der Waals surface area contributed by atoms with E-state index in [0.29, 0.717) is 31.7 Å². The molecule has 0 bridgehead atoms. The highest BCUT2D eigenvalue weighted by atomic mass is 19.1. The zero-order valence-electron chi connectivity index (χ0n) is 16.6. The molecule has 1 aromatic carbocycles. The number of benzene rings is 1. The summed E-state index contributed by atoms with van der Waals surface area (Å²) in [7, 11) is 1.28. The summed E-state index contributed by atoms with van der Waals surface area (Å²) in [5, 5.41) is 6.54.